The highest BCUT2D eigenvalue weighted by molar-refractivity contribution is 14.1. The second kappa shape index (κ2) is 4.29. The normalized spacial score (nSPS) is 21.1. The second-order valence-electron chi connectivity index (χ2n) is 3.66. The van der Waals surface area contributed by atoms with Gasteiger partial charge in [0.05, 0.1) is 0 Å². The summed E-state index contributed by atoms with van der Waals surface area (Å²) in [5.41, 5.74) is 1.04. The quantitative estimate of drug-likeness (QED) is 0.630. The monoisotopic (exact) mass is 334 g/mol. The van der Waals surface area contributed by atoms with Crippen LogP contribution in [0.3, 0.4) is 0 Å². The van der Waals surface area contributed by atoms with Crippen LogP contribution in [-0.2, 0) is 4.79 Å². The van der Waals surface area contributed by atoms with Gasteiger partial charge in [-0.1, -0.05) is 0 Å². The molecule has 1 saturated heterocycles. The number of thiol groups is 1. The summed E-state index contributed by atoms with van der Waals surface area (Å²) in [6.07, 6.45) is 2.29. The van der Waals surface area contributed by atoms with Crippen LogP contribution >= 0.6 is 35.2 Å². The summed E-state index contributed by atoms with van der Waals surface area (Å²) in [7, 11) is 0. The molecule has 0 aliphatic carbocycles. The van der Waals surface area contributed by atoms with Gasteiger partial charge in [0.1, 0.15) is 5.82 Å². The Bertz CT molecular complexity index is 410. The highest BCUT2D eigenvalue weighted by Crippen LogP contribution is 2.25. The van der Waals surface area contributed by atoms with Crippen molar-refractivity contribution in [3.8, 4) is 0 Å². The first-order valence-corrected chi connectivity index (χ1v) is 6.28. The molecule has 1 fully saturated rings. The maximum atomic E-state index is 11.7. The lowest BCUT2D eigenvalue weighted by atomic mass is 10.3. The Balaban J connectivity index is 2.34. The molecule has 80 valence electrons. The first-order valence-electron chi connectivity index (χ1n) is 4.68. The second-order valence-corrected chi connectivity index (χ2v) is 5.63. The minimum atomic E-state index is 0.117. The maximum Gasteiger partial charge on any atom is 0.229 e. The number of nitrogens with zero attached hydrogens (tertiary/aromatic N) is 2. The number of rotatable bonds is 1. The third-order valence-corrected chi connectivity index (χ3v) is 3.31. The first-order chi connectivity index (χ1) is 7.08. The smallest absolute Gasteiger partial charge is 0.229 e. The average Bonchev–Trinajstić information content (AvgIpc) is 2.45. The summed E-state index contributed by atoms with van der Waals surface area (Å²) in [5.74, 6) is 0.892. The third-order valence-electron chi connectivity index (χ3n) is 2.38. The van der Waals surface area contributed by atoms with Gasteiger partial charge in [0, 0.05) is 28.0 Å². The van der Waals surface area contributed by atoms with Crippen molar-refractivity contribution < 1.29 is 4.79 Å². The number of halogens is 1. The van der Waals surface area contributed by atoms with Crippen LogP contribution in [0.15, 0.2) is 12.3 Å². The molecule has 0 saturated carbocycles. The van der Waals surface area contributed by atoms with E-state index in [1.165, 1.54) is 0 Å². The van der Waals surface area contributed by atoms with Crippen molar-refractivity contribution in [2.24, 2.45) is 0 Å². The van der Waals surface area contributed by atoms with Gasteiger partial charge in [0.2, 0.25) is 5.91 Å². The van der Waals surface area contributed by atoms with Gasteiger partial charge in [-0.3, -0.25) is 9.69 Å². The van der Waals surface area contributed by atoms with E-state index in [0.29, 0.717) is 13.0 Å². The zero-order valence-electron chi connectivity index (χ0n) is 8.27. The molecule has 0 spiro atoms. The Kier molecular flexibility index (Phi) is 3.20. The molecule has 0 radical (unpaired) electrons. The largest absolute Gasteiger partial charge is 0.295 e. The zero-order valence-corrected chi connectivity index (χ0v) is 11.3. The van der Waals surface area contributed by atoms with Crippen LogP contribution in [0, 0.1) is 10.5 Å². The predicted molar refractivity (Wildman–Crippen MR) is 71.4 cm³/mol. The lowest BCUT2D eigenvalue weighted by Crippen LogP contribution is -2.26. The fourth-order valence-electron chi connectivity index (χ4n) is 1.71. The van der Waals surface area contributed by atoms with Crippen molar-refractivity contribution in [2.75, 3.05) is 11.4 Å². The lowest BCUT2D eigenvalue weighted by Gasteiger charge is -2.17. The minimum Gasteiger partial charge on any atom is -0.295 e. The average molecular weight is 334 g/mol. The molecule has 5 heteroatoms. The van der Waals surface area contributed by atoms with Crippen LogP contribution in [0.1, 0.15) is 12.0 Å². The molecule has 0 bridgehead atoms. The van der Waals surface area contributed by atoms with Gasteiger partial charge < -0.3 is 0 Å². The van der Waals surface area contributed by atoms with Crippen LogP contribution in [-0.4, -0.2) is 22.7 Å². The molecule has 1 aromatic rings. The van der Waals surface area contributed by atoms with Gasteiger partial charge in [-0.25, -0.2) is 4.98 Å². The van der Waals surface area contributed by atoms with Crippen molar-refractivity contribution in [1.82, 2.24) is 4.98 Å². The Morgan fingerprint density at radius 1 is 1.67 bits per heavy atom. The maximum absolute atomic E-state index is 11.7. The van der Waals surface area contributed by atoms with Gasteiger partial charge in [-0.05, 0) is 41.1 Å². The topological polar surface area (TPSA) is 33.2 Å². The number of carbonyl (C=O) groups is 1. The highest BCUT2D eigenvalue weighted by atomic mass is 127. The SMILES string of the molecule is Cc1cc(I)cnc1N1CC(S)CC1=O. The third kappa shape index (κ3) is 2.28. The Labute approximate surface area is 108 Å². The molecule has 1 aliphatic heterocycles. The van der Waals surface area contributed by atoms with Gasteiger partial charge in [-0.2, -0.15) is 12.6 Å². The number of hydrogen-bond acceptors (Lipinski definition) is 3. The Morgan fingerprint density at radius 2 is 2.40 bits per heavy atom. The van der Waals surface area contributed by atoms with Crippen LogP contribution in [0.25, 0.3) is 0 Å². The van der Waals surface area contributed by atoms with Crippen LogP contribution in [0.2, 0.25) is 0 Å². The van der Waals surface area contributed by atoms with Crippen molar-refractivity contribution >= 4 is 46.9 Å². The summed E-state index contributed by atoms with van der Waals surface area (Å²) in [6, 6.07) is 2.03. The summed E-state index contributed by atoms with van der Waals surface area (Å²) in [4.78, 5) is 17.7. The van der Waals surface area contributed by atoms with Gasteiger partial charge in [0.15, 0.2) is 0 Å². The number of aryl methyl sites for hydroxylation is 1. The molecule has 3 nitrogen and oxygen atoms in total. The molecule has 0 N–H and O–H groups in total. The number of anilines is 1. The Morgan fingerprint density at radius 3 is 2.93 bits per heavy atom. The standard InChI is InChI=1S/C10H11IN2OS/c1-6-2-7(11)4-12-10(6)13-5-8(15)3-9(13)14/h2,4,8,15H,3,5H2,1H3. The fourth-order valence-corrected chi connectivity index (χ4v) is 2.64. The van der Waals surface area contributed by atoms with E-state index < -0.39 is 0 Å². The summed E-state index contributed by atoms with van der Waals surface area (Å²) >= 11 is 6.54. The summed E-state index contributed by atoms with van der Waals surface area (Å²) < 4.78 is 1.09. The van der Waals surface area contributed by atoms with E-state index in [-0.39, 0.29) is 11.2 Å². The molecule has 2 heterocycles. The first kappa shape index (κ1) is 11.2. The predicted octanol–water partition coefficient (Wildman–Crippen LogP) is 2.03. The van der Waals surface area contributed by atoms with E-state index in [1.54, 1.807) is 11.1 Å². The number of aromatic nitrogens is 1. The van der Waals surface area contributed by atoms with E-state index in [2.05, 4.69) is 40.2 Å². The van der Waals surface area contributed by atoms with Crippen molar-refractivity contribution in [3.63, 3.8) is 0 Å². The van der Waals surface area contributed by atoms with Gasteiger partial charge in [-0.15, -0.1) is 0 Å². The molecule has 1 aliphatic rings. The molecule has 1 atom stereocenters. The van der Waals surface area contributed by atoms with E-state index in [4.69, 9.17) is 0 Å². The van der Waals surface area contributed by atoms with Crippen LogP contribution in [0.4, 0.5) is 5.82 Å². The molecular formula is C10H11IN2OS. The van der Waals surface area contributed by atoms with Crippen molar-refractivity contribution in [3.05, 3.63) is 21.4 Å². The molecule has 2 rings (SSSR count). The summed E-state index contributed by atoms with van der Waals surface area (Å²) in [6.45, 7) is 2.64. The zero-order chi connectivity index (χ0) is 11.0. The van der Waals surface area contributed by atoms with Crippen molar-refractivity contribution in [2.45, 2.75) is 18.6 Å². The van der Waals surface area contributed by atoms with Gasteiger partial charge in [0.25, 0.3) is 0 Å². The number of carbonyl (C=O) groups excluding carboxylic acids is 1. The highest BCUT2D eigenvalue weighted by Gasteiger charge is 2.29. The Hall–Kier alpha value is -0.300. The molecular weight excluding hydrogens is 323 g/mol. The van der Waals surface area contributed by atoms with E-state index in [9.17, 15) is 4.79 Å². The van der Waals surface area contributed by atoms with E-state index in [1.807, 2.05) is 13.0 Å². The fraction of sp³-hybridized carbons (Fsp3) is 0.400. The van der Waals surface area contributed by atoms with E-state index in [0.717, 1.165) is 15.0 Å². The molecule has 1 amide bonds. The van der Waals surface area contributed by atoms with Gasteiger partial charge >= 0.3 is 0 Å². The van der Waals surface area contributed by atoms with Crippen LogP contribution < -0.4 is 4.90 Å². The van der Waals surface area contributed by atoms with Crippen LogP contribution in [0.5, 0.6) is 0 Å². The van der Waals surface area contributed by atoms with Crippen molar-refractivity contribution in [1.29, 1.82) is 0 Å². The lowest BCUT2D eigenvalue weighted by molar-refractivity contribution is -0.117. The molecule has 0 aromatic carbocycles. The minimum absolute atomic E-state index is 0.117. The number of hydrogen-bond donors (Lipinski definition) is 1. The molecule has 15 heavy (non-hydrogen) atoms. The molecule has 1 unspecified atom stereocenters. The number of amides is 1. The molecule has 1 aromatic heterocycles. The number of pyridine rings is 1. The van der Waals surface area contributed by atoms with E-state index >= 15 is 0 Å². The summed E-state index contributed by atoms with van der Waals surface area (Å²) in [5, 5.41) is 0.137.